The van der Waals surface area contributed by atoms with Crippen molar-refractivity contribution in [2.75, 3.05) is 23.9 Å². The molecule has 17 heteroatoms. The first-order chi connectivity index (χ1) is 18.9. The molecule has 224 valence electrons. The lowest BCUT2D eigenvalue weighted by molar-refractivity contribution is -0.376. The Morgan fingerprint density at radius 1 is 1.10 bits per heavy atom. The number of ether oxygens (including phenoxy) is 1. The van der Waals surface area contributed by atoms with E-state index in [0.717, 1.165) is 28.6 Å². The number of halogens is 7. The first kappa shape index (κ1) is 30.4. The van der Waals surface area contributed by atoms with Crippen molar-refractivity contribution < 1.29 is 58.6 Å². The third-order valence-corrected chi connectivity index (χ3v) is 8.52. The number of benzene rings is 2. The number of aryl methyl sites for hydroxylation is 1. The second-order valence-electron chi connectivity index (χ2n) is 9.37. The number of rotatable bonds is 7. The lowest BCUT2D eigenvalue weighted by Crippen LogP contribution is -2.54. The maximum Gasteiger partial charge on any atom is 0.430 e. The van der Waals surface area contributed by atoms with Crippen LogP contribution >= 0.6 is 0 Å². The zero-order valence-electron chi connectivity index (χ0n) is 20.8. The molecule has 4 rings (SSSR count). The quantitative estimate of drug-likeness (QED) is 0.413. The standard InChI is InChI=1S/C24H22F7N3O6S/c25-16-4-6-19(14(9-16)10-20(35)32-11-17-12-33-21(36)40-17)41(38,39)34-7-1-2-13-8-15(3-5-18(13)34)22(37,23(26,27)28)24(29,30)31/h3-6,8-9,17,37H,1-2,7,10-12H2,(H,32,35)(H,33,36). The van der Waals surface area contributed by atoms with Crippen molar-refractivity contribution in [2.45, 2.75) is 48.2 Å². The molecule has 0 bridgehead atoms. The van der Waals surface area contributed by atoms with E-state index in [1.807, 2.05) is 0 Å². The summed E-state index contributed by atoms with van der Waals surface area (Å²) in [5.41, 5.74) is -7.43. The van der Waals surface area contributed by atoms with Crippen LogP contribution in [0, 0.1) is 5.82 Å². The molecule has 0 radical (unpaired) electrons. The van der Waals surface area contributed by atoms with E-state index in [4.69, 9.17) is 4.74 Å². The maximum atomic E-state index is 14.1. The van der Waals surface area contributed by atoms with Gasteiger partial charge in [0.15, 0.2) is 0 Å². The number of carbonyl (C=O) groups excluding carboxylic acids is 2. The van der Waals surface area contributed by atoms with E-state index in [1.165, 1.54) is 0 Å². The summed E-state index contributed by atoms with van der Waals surface area (Å²) in [7, 11) is -4.61. The predicted octanol–water partition coefficient (Wildman–Crippen LogP) is 3.05. The summed E-state index contributed by atoms with van der Waals surface area (Å²) >= 11 is 0. The van der Waals surface area contributed by atoms with E-state index in [9.17, 15) is 53.8 Å². The van der Waals surface area contributed by atoms with Gasteiger partial charge in [-0.1, -0.05) is 12.1 Å². The van der Waals surface area contributed by atoms with Crippen molar-refractivity contribution in [1.82, 2.24) is 10.6 Å². The van der Waals surface area contributed by atoms with Gasteiger partial charge in [-0.25, -0.2) is 17.6 Å². The van der Waals surface area contributed by atoms with Gasteiger partial charge in [0, 0.05) is 12.1 Å². The molecule has 0 aromatic heterocycles. The molecule has 2 aromatic rings. The van der Waals surface area contributed by atoms with Gasteiger partial charge in [0.25, 0.3) is 15.6 Å². The topological polar surface area (TPSA) is 125 Å². The van der Waals surface area contributed by atoms with E-state index in [-0.39, 0.29) is 49.3 Å². The highest BCUT2D eigenvalue weighted by atomic mass is 32.2. The van der Waals surface area contributed by atoms with Crippen LogP contribution in [-0.2, 0) is 38.0 Å². The summed E-state index contributed by atoms with van der Waals surface area (Å²) in [5.74, 6) is -1.61. The molecular formula is C24H22F7N3O6S. The third-order valence-electron chi connectivity index (χ3n) is 6.61. The van der Waals surface area contributed by atoms with Crippen LogP contribution in [0.5, 0.6) is 0 Å². The van der Waals surface area contributed by atoms with E-state index in [2.05, 4.69) is 10.6 Å². The van der Waals surface area contributed by atoms with E-state index in [0.29, 0.717) is 12.1 Å². The smallest absolute Gasteiger partial charge is 0.430 e. The predicted molar refractivity (Wildman–Crippen MR) is 127 cm³/mol. The zero-order chi connectivity index (χ0) is 30.4. The van der Waals surface area contributed by atoms with Crippen molar-refractivity contribution >= 4 is 27.7 Å². The summed E-state index contributed by atoms with van der Waals surface area (Å²) in [6.07, 6.45) is -14.3. The number of fused-ring (bicyclic) bond motifs is 1. The highest BCUT2D eigenvalue weighted by Crippen LogP contribution is 2.51. The van der Waals surface area contributed by atoms with Crippen molar-refractivity contribution in [2.24, 2.45) is 0 Å². The van der Waals surface area contributed by atoms with Crippen molar-refractivity contribution in [3.05, 3.63) is 58.9 Å². The van der Waals surface area contributed by atoms with E-state index < -0.39 is 68.8 Å². The summed E-state index contributed by atoms with van der Waals surface area (Å²) in [6, 6.07) is 4.06. The van der Waals surface area contributed by atoms with Gasteiger partial charge in [-0.15, -0.1) is 0 Å². The zero-order valence-corrected chi connectivity index (χ0v) is 21.6. The van der Waals surface area contributed by atoms with Crippen LogP contribution in [0.3, 0.4) is 0 Å². The Balaban J connectivity index is 1.65. The van der Waals surface area contributed by atoms with Crippen LogP contribution in [0.4, 0.5) is 41.2 Å². The fraction of sp³-hybridized carbons (Fsp3) is 0.417. The Morgan fingerprint density at radius 2 is 1.78 bits per heavy atom. The molecule has 2 aromatic carbocycles. The largest absolute Gasteiger partial charge is 0.442 e. The molecule has 1 atom stereocenters. The van der Waals surface area contributed by atoms with Crippen LogP contribution in [0.25, 0.3) is 0 Å². The maximum absolute atomic E-state index is 14.1. The van der Waals surface area contributed by atoms with Crippen molar-refractivity contribution in [1.29, 1.82) is 0 Å². The lowest BCUT2D eigenvalue weighted by atomic mass is 9.89. The molecule has 9 nitrogen and oxygen atoms in total. The number of sulfonamides is 1. The van der Waals surface area contributed by atoms with Crippen LogP contribution in [0.1, 0.15) is 23.1 Å². The van der Waals surface area contributed by atoms with Gasteiger partial charge >= 0.3 is 18.4 Å². The van der Waals surface area contributed by atoms with Crippen LogP contribution in [0.2, 0.25) is 0 Å². The van der Waals surface area contributed by atoms with Crippen molar-refractivity contribution in [3.8, 4) is 0 Å². The minimum absolute atomic E-state index is 0.00267. The molecule has 0 saturated carbocycles. The van der Waals surface area contributed by atoms with Crippen LogP contribution in [-0.4, -0.2) is 63.6 Å². The molecule has 2 aliphatic rings. The number of anilines is 1. The Hall–Kier alpha value is -3.60. The van der Waals surface area contributed by atoms with Gasteiger partial charge in [-0.05, 0) is 48.2 Å². The molecule has 2 heterocycles. The minimum Gasteiger partial charge on any atom is -0.442 e. The number of cyclic esters (lactones) is 1. The number of alkyl carbamates (subject to hydrolysis) is 1. The molecule has 1 fully saturated rings. The molecule has 3 N–H and O–H groups in total. The average Bonchev–Trinajstić information content (AvgIpc) is 3.29. The molecule has 41 heavy (non-hydrogen) atoms. The monoisotopic (exact) mass is 613 g/mol. The molecule has 1 unspecified atom stereocenters. The van der Waals surface area contributed by atoms with E-state index in [1.54, 1.807) is 0 Å². The highest BCUT2D eigenvalue weighted by Gasteiger charge is 2.71. The summed E-state index contributed by atoms with van der Waals surface area (Å²) < 4.78 is 127. The van der Waals surface area contributed by atoms with Crippen molar-refractivity contribution in [3.63, 3.8) is 0 Å². The Kier molecular flexibility index (Phi) is 7.90. The summed E-state index contributed by atoms with van der Waals surface area (Å²) in [5, 5.41) is 14.6. The Morgan fingerprint density at radius 3 is 2.39 bits per heavy atom. The molecule has 0 aliphatic carbocycles. The molecule has 1 saturated heterocycles. The highest BCUT2D eigenvalue weighted by molar-refractivity contribution is 7.92. The second-order valence-corrected chi connectivity index (χ2v) is 11.2. The van der Waals surface area contributed by atoms with E-state index >= 15 is 0 Å². The third kappa shape index (κ3) is 5.77. The number of nitrogens with zero attached hydrogens (tertiary/aromatic N) is 1. The van der Waals surface area contributed by atoms with Gasteiger partial charge < -0.3 is 20.5 Å². The Labute approximate surface area is 228 Å². The first-order valence-corrected chi connectivity index (χ1v) is 13.4. The number of hydrogen-bond acceptors (Lipinski definition) is 6. The summed E-state index contributed by atoms with van der Waals surface area (Å²) in [6.45, 7) is -0.211. The normalized spacial score (nSPS) is 18.0. The van der Waals surface area contributed by atoms with Crippen LogP contribution in [0.15, 0.2) is 41.3 Å². The molecule has 2 aliphatic heterocycles. The lowest BCUT2D eigenvalue weighted by Gasteiger charge is -2.35. The first-order valence-electron chi connectivity index (χ1n) is 12.0. The SMILES string of the molecule is O=C(Cc1cc(F)ccc1S(=O)(=O)N1CCCc2cc(C(O)(C(F)(F)F)C(F)(F)F)ccc21)NCC1CNC(=O)O1. The van der Waals surface area contributed by atoms with Gasteiger partial charge in [-0.2, -0.15) is 26.3 Å². The Bertz CT molecular complexity index is 1450. The number of aliphatic hydroxyl groups is 1. The van der Waals surface area contributed by atoms with Gasteiger partial charge in [-0.3, -0.25) is 9.10 Å². The number of nitrogens with one attached hydrogen (secondary N) is 2. The number of carbonyl (C=O) groups is 2. The minimum atomic E-state index is -6.13. The molecule has 2 amide bonds. The average molecular weight is 614 g/mol. The van der Waals surface area contributed by atoms with Gasteiger partial charge in [0.05, 0.1) is 30.1 Å². The number of hydrogen-bond donors (Lipinski definition) is 3. The summed E-state index contributed by atoms with van der Waals surface area (Å²) in [4.78, 5) is 23.1. The molecule has 0 spiro atoms. The fourth-order valence-electron chi connectivity index (χ4n) is 4.59. The fourth-order valence-corrected chi connectivity index (χ4v) is 6.34. The molecular weight excluding hydrogens is 591 g/mol. The van der Waals surface area contributed by atoms with Crippen LogP contribution < -0.4 is 14.9 Å². The second kappa shape index (κ2) is 10.7. The number of amides is 2. The number of alkyl halides is 6. The van der Waals surface area contributed by atoms with Gasteiger partial charge in [0.2, 0.25) is 5.91 Å². The van der Waals surface area contributed by atoms with Gasteiger partial charge in [0.1, 0.15) is 11.9 Å².